The zero-order valence-corrected chi connectivity index (χ0v) is 6.53. The minimum absolute atomic E-state index is 0. The van der Waals surface area contributed by atoms with Crippen LogP contribution in [0.15, 0.2) is 24.4 Å². The molecule has 0 unspecified atom stereocenters. The van der Waals surface area contributed by atoms with Gasteiger partial charge in [-0.25, -0.2) is 0 Å². The third-order valence-corrected chi connectivity index (χ3v) is 1.21. The highest BCUT2D eigenvalue weighted by molar-refractivity contribution is 7.79. The summed E-state index contributed by atoms with van der Waals surface area (Å²) in [4.78, 5) is 4.02. The molecule has 3 heteroatoms. The summed E-state index contributed by atoms with van der Waals surface area (Å²) >= 11 is 4.05. The number of hydrogen-bond donors (Lipinski definition) is 1. The molecule has 50 valence electrons. The lowest BCUT2D eigenvalue weighted by molar-refractivity contribution is 1.18. The Labute approximate surface area is 66.3 Å². The molecule has 1 heterocycles. The summed E-state index contributed by atoms with van der Waals surface area (Å²) in [5.41, 5.74) is 1.02. The fourth-order valence-corrected chi connectivity index (χ4v) is 0.679. The molecule has 0 N–H and O–H groups in total. The predicted octanol–water partition coefficient (Wildman–Crippen LogP) is 1.93. The van der Waals surface area contributed by atoms with Gasteiger partial charge in [-0.3, -0.25) is 4.98 Å². The van der Waals surface area contributed by atoms with E-state index >= 15 is 0 Å². The van der Waals surface area contributed by atoms with Crippen molar-refractivity contribution >= 4 is 25.0 Å². The lowest BCUT2D eigenvalue weighted by atomic mass is 10.4. The quantitative estimate of drug-likeness (QED) is 0.622. The van der Waals surface area contributed by atoms with Gasteiger partial charge in [-0.15, -0.1) is 12.4 Å². The fourth-order valence-electron chi connectivity index (χ4n) is 0.492. The Kier molecular flexibility index (Phi) is 4.54. The van der Waals surface area contributed by atoms with Gasteiger partial charge in [0, 0.05) is 17.6 Å². The van der Waals surface area contributed by atoms with Gasteiger partial charge < -0.3 is 0 Å². The standard InChI is InChI=1S/C6H7NS.ClH/c8-5-6-3-1-2-4-7-6;/h1-4,8H,5H2;1H. The molecule has 0 aliphatic rings. The maximum Gasteiger partial charge on any atom is 0.0499 e. The number of pyridine rings is 1. The molecule has 1 rings (SSSR count). The Hall–Kier alpha value is -0.210. The maximum absolute atomic E-state index is 4.05. The molecule has 0 radical (unpaired) electrons. The summed E-state index contributed by atoms with van der Waals surface area (Å²) in [7, 11) is 0. The highest BCUT2D eigenvalue weighted by atomic mass is 35.5. The zero-order chi connectivity index (χ0) is 5.82. The average Bonchev–Trinajstić information content (AvgIpc) is 1.90. The van der Waals surface area contributed by atoms with Gasteiger partial charge in [0.1, 0.15) is 0 Å². The van der Waals surface area contributed by atoms with Crippen LogP contribution in [0.5, 0.6) is 0 Å². The molecule has 0 aromatic carbocycles. The van der Waals surface area contributed by atoms with Crippen LogP contribution in [0, 0.1) is 0 Å². The zero-order valence-electron chi connectivity index (χ0n) is 4.82. The monoisotopic (exact) mass is 161 g/mol. The van der Waals surface area contributed by atoms with E-state index in [9.17, 15) is 0 Å². The molecule has 0 atom stereocenters. The lowest BCUT2D eigenvalue weighted by Crippen LogP contribution is -1.79. The number of rotatable bonds is 1. The van der Waals surface area contributed by atoms with E-state index in [1.165, 1.54) is 0 Å². The van der Waals surface area contributed by atoms with Crippen molar-refractivity contribution in [2.45, 2.75) is 5.75 Å². The third-order valence-electron chi connectivity index (χ3n) is 0.888. The van der Waals surface area contributed by atoms with Crippen molar-refractivity contribution in [2.75, 3.05) is 0 Å². The largest absolute Gasteiger partial charge is 0.260 e. The van der Waals surface area contributed by atoms with Crippen molar-refractivity contribution < 1.29 is 0 Å². The van der Waals surface area contributed by atoms with Gasteiger partial charge in [-0.05, 0) is 12.1 Å². The van der Waals surface area contributed by atoms with E-state index in [0.717, 1.165) is 11.4 Å². The number of hydrogen-bond acceptors (Lipinski definition) is 2. The summed E-state index contributed by atoms with van der Waals surface area (Å²) in [6.07, 6.45) is 1.77. The smallest absolute Gasteiger partial charge is 0.0499 e. The second-order valence-corrected chi connectivity index (χ2v) is 1.80. The molecule has 0 amide bonds. The molecule has 0 spiro atoms. The number of nitrogens with zero attached hydrogens (tertiary/aromatic N) is 1. The van der Waals surface area contributed by atoms with E-state index in [1.807, 2.05) is 18.2 Å². The Bertz CT molecular complexity index is 154. The molecule has 1 aromatic heterocycles. The second-order valence-electron chi connectivity index (χ2n) is 1.48. The van der Waals surface area contributed by atoms with Crippen LogP contribution in [0.4, 0.5) is 0 Å². The van der Waals surface area contributed by atoms with E-state index in [4.69, 9.17) is 0 Å². The number of aromatic nitrogens is 1. The molecule has 1 aromatic rings. The van der Waals surface area contributed by atoms with Gasteiger partial charge in [-0.1, -0.05) is 6.07 Å². The normalized spacial score (nSPS) is 8.11. The van der Waals surface area contributed by atoms with E-state index in [1.54, 1.807) is 6.20 Å². The minimum atomic E-state index is 0. The van der Waals surface area contributed by atoms with Crippen LogP contribution in [-0.4, -0.2) is 4.98 Å². The molecule has 0 fully saturated rings. The van der Waals surface area contributed by atoms with Gasteiger partial charge in [0.15, 0.2) is 0 Å². The van der Waals surface area contributed by atoms with Gasteiger partial charge in [0.05, 0.1) is 0 Å². The third kappa shape index (κ3) is 2.72. The molecular weight excluding hydrogens is 154 g/mol. The van der Waals surface area contributed by atoms with E-state index in [0.29, 0.717) is 0 Å². The first-order valence-electron chi connectivity index (χ1n) is 2.44. The Balaban J connectivity index is 0.000000640. The molecule has 0 aliphatic carbocycles. The van der Waals surface area contributed by atoms with Crippen LogP contribution in [-0.2, 0) is 5.75 Å². The summed E-state index contributed by atoms with van der Waals surface area (Å²) in [5.74, 6) is 0.723. The van der Waals surface area contributed by atoms with E-state index in [2.05, 4.69) is 17.6 Å². The molecule has 0 bridgehead atoms. The van der Waals surface area contributed by atoms with Crippen LogP contribution in [0.3, 0.4) is 0 Å². The van der Waals surface area contributed by atoms with Crippen molar-refractivity contribution in [1.29, 1.82) is 0 Å². The topological polar surface area (TPSA) is 12.9 Å². The van der Waals surface area contributed by atoms with Crippen molar-refractivity contribution in [3.8, 4) is 0 Å². The van der Waals surface area contributed by atoms with Crippen molar-refractivity contribution in [1.82, 2.24) is 4.98 Å². The first-order chi connectivity index (χ1) is 3.93. The average molecular weight is 162 g/mol. The molecule has 9 heavy (non-hydrogen) atoms. The summed E-state index contributed by atoms with van der Waals surface area (Å²) in [6.45, 7) is 0. The molecule has 1 nitrogen and oxygen atoms in total. The number of halogens is 1. The van der Waals surface area contributed by atoms with Crippen molar-refractivity contribution in [3.63, 3.8) is 0 Å². The van der Waals surface area contributed by atoms with Crippen LogP contribution in [0.1, 0.15) is 5.69 Å². The SMILES string of the molecule is Cl.SCc1ccccn1. The molecule has 0 aliphatic heterocycles. The molecule has 0 saturated carbocycles. The highest BCUT2D eigenvalue weighted by Crippen LogP contribution is 1.95. The fraction of sp³-hybridized carbons (Fsp3) is 0.167. The lowest BCUT2D eigenvalue weighted by Gasteiger charge is -1.88. The maximum atomic E-state index is 4.05. The van der Waals surface area contributed by atoms with Crippen LogP contribution in [0.2, 0.25) is 0 Å². The minimum Gasteiger partial charge on any atom is -0.260 e. The van der Waals surface area contributed by atoms with Crippen LogP contribution < -0.4 is 0 Å². The van der Waals surface area contributed by atoms with E-state index < -0.39 is 0 Å². The van der Waals surface area contributed by atoms with Gasteiger partial charge >= 0.3 is 0 Å². The Morgan fingerprint density at radius 2 is 2.22 bits per heavy atom. The predicted molar refractivity (Wildman–Crippen MR) is 44.2 cm³/mol. The van der Waals surface area contributed by atoms with Crippen molar-refractivity contribution in [3.05, 3.63) is 30.1 Å². The first-order valence-corrected chi connectivity index (χ1v) is 3.07. The van der Waals surface area contributed by atoms with Gasteiger partial charge in [-0.2, -0.15) is 12.6 Å². The van der Waals surface area contributed by atoms with Gasteiger partial charge in [0.2, 0.25) is 0 Å². The molecular formula is C6H8ClNS. The van der Waals surface area contributed by atoms with Gasteiger partial charge in [0.25, 0.3) is 0 Å². The summed E-state index contributed by atoms with van der Waals surface area (Å²) in [5, 5.41) is 0. The number of thiol groups is 1. The van der Waals surface area contributed by atoms with Crippen LogP contribution >= 0.6 is 25.0 Å². The molecule has 0 saturated heterocycles. The van der Waals surface area contributed by atoms with Crippen molar-refractivity contribution in [2.24, 2.45) is 0 Å². The highest BCUT2D eigenvalue weighted by Gasteiger charge is 1.82. The summed E-state index contributed by atoms with van der Waals surface area (Å²) < 4.78 is 0. The van der Waals surface area contributed by atoms with Crippen LogP contribution in [0.25, 0.3) is 0 Å². The van der Waals surface area contributed by atoms with E-state index in [-0.39, 0.29) is 12.4 Å². The second kappa shape index (κ2) is 4.65. The first kappa shape index (κ1) is 8.79. The Morgan fingerprint density at radius 1 is 1.44 bits per heavy atom. The summed E-state index contributed by atoms with van der Waals surface area (Å²) in [6, 6.07) is 5.80. The Morgan fingerprint density at radius 3 is 2.56 bits per heavy atom.